The van der Waals surface area contributed by atoms with Crippen molar-refractivity contribution in [3.63, 3.8) is 0 Å². The number of benzene rings is 2. The Balaban J connectivity index is 1.75. The van der Waals surface area contributed by atoms with E-state index < -0.39 is 0 Å². The molecule has 2 N–H and O–H groups in total. The minimum absolute atomic E-state index is 0.161. The first-order chi connectivity index (χ1) is 15.1. The molecule has 0 bridgehead atoms. The zero-order chi connectivity index (χ0) is 21.8. The number of para-hydroxylation sites is 1. The van der Waals surface area contributed by atoms with Gasteiger partial charge in [0.25, 0.3) is 11.8 Å². The lowest BCUT2D eigenvalue weighted by atomic mass is 10.1. The third-order valence-corrected chi connectivity index (χ3v) is 4.80. The van der Waals surface area contributed by atoms with E-state index in [1.54, 1.807) is 21.8 Å². The van der Waals surface area contributed by atoms with Gasteiger partial charge in [0, 0.05) is 31.5 Å². The second-order valence-electron chi connectivity index (χ2n) is 6.82. The molecule has 8 nitrogen and oxygen atoms in total. The molecule has 8 heteroatoms. The van der Waals surface area contributed by atoms with Gasteiger partial charge in [-0.25, -0.2) is 4.68 Å². The summed E-state index contributed by atoms with van der Waals surface area (Å²) in [5.41, 5.74) is 3.10. The Morgan fingerprint density at radius 3 is 2.23 bits per heavy atom. The average molecular weight is 414 g/mol. The van der Waals surface area contributed by atoms with Gasteiger partial charge >= 0.3 is 0 Å². The highest BCUT2D eigenvalue weighted by molar-refractivity contribution is 6.10. The molecule has 156 valence electrons. The Kier molecular flexibility index (Phi) is 5.61. The minimum atomic E-state index is -0.373. The van der Waals surface area contributed by atoms with E-state index in [4.69, 9.17) is 0 Å². The van der Waals surface area contributed by atoms with Crippen LogP contribution >= 0.6 is 0 Å². The fourth-order valence-corrected chi connectivity index (χ4v) is 3.21. The normalized spacial score (nSPS) is 10.6. The van der Waals surface area contributed by atoms with Crippen LogP contribution in [0.15, 0.2) is 73.1 Å². The summed E-state index contributed by atoms with van der Waals surface area (Å²) in [6.45, 7) is 2.48. The van der Waals surface area contributed by atoms with E-state index in [2.05, 4.69) is 20.8 Å². The minimum Gasteiger partial charge on any atom is -0.354 e. The van der Waals surface area contributed by atoms with E-state index in [0.717, 1.165) is 11.3 Å². The second kappa shape index (κ2) is 8.66. The molecule has 0 aliphatic heterocycles. The Bertz CT molecular complexity index is 1210. The number of carbonyl (C=O) groups is 2. The summed E-state index contributed by atoms with van der Waals surface area (Å²) in [4.78, 5) is 25.5. The Morgan fingerprint density at radius 1 is 0.903 bits per heavy atom. The van der Waals surface area contributed by atoms with Crippen molar-refractivity contribution in [1.29, 1.82) is 0 Å². The zero-order valence-corrected chi connectivity index (χ0v) is 17.2. The number of nitrogens with one attached hydrogen (secondary N) is 2. The van der Waals surface area contributed by atoms with Crippen molar-refractivity contribution in [1.82, 2.24) is 24.9 Å². The van der Waals surface area contributed by atoms with Crippen LogP contribution in [0.2, 0.25) is 0 Å². The molecule has 2 aromatic carbocycles. The molecule has 0 fully saturated rings. The Morgan fingerprint density at radius 2 is 1.58 bits per heavy atom. The van der Waals surface area contributed by atoms with Crippen LogP contribution < -0.4 is 10.6 Å². The quantitative estimate of drug-likeness (QED) is 0.506. The predicted molar refractivity (Wildman–Crippen MR) is 118 cm³/mol. The van der Waals surface area contributed by atoms with Gasteiger partial charge in [-0.15, -0.1) is 0 Å². The van der Waals surface area contributed by atoms with Crippen LogP contribution in [-0.2, 0) is 6.54 Å². The fourth-order valence-electron chi connectivity index (χ4n) is 3.21. The highest BCUT2D eigenvalue weighted by Crippen LogP contribution is 2.25. The molecule has 31 heavy (non-hydrogen) atoms. The van der Waals surface area contributed by atoms with Gasteiger partial charge in [-0.3, -0.25) is 14.3 Å². The third kappa shape index (κ3) is 4.09. The molecular formula is C23H22N6O2. The summed E-state index contributed by atoms with van der Waals surface area (Å²) in [6, 6.07) is 19.1. The van der Waals surface area contributed by atoms with Crippen molar-refractivity contribution in [2.24, 2.45) is 0 Å². The molecule has 0 radical (unpaired) electrons. The van der Waals surface area contributed by atoms with Crippen LogP contribution in [0.3, 0.4) is 0 Å². The first kappa shape index (κ1) is 20.1. The molecular weight excluding hydrogens is 392 g/mol. The third-order valence-electron chi connectivity index (χ3n) is 4.80. The molecule has 0 atom stereocenters. The summed E-state index contributed by atoms with van der Waals surface area (Å²) in [6.07, 6.45) is 3.34. The molecule has 4 rings (SSSR count). The number of anilines is 1. The molecule has 0 saturated heterocycles. The van der Waals surface area contributed by atoms with Crippen molar-refractivity contribution in [2.45, 2.75) is 13.5 Å². The molecule has 2 heterocycles. The topological polar surface area (TPSA) is 93.8 Å². The van der Waals surface area contributed by atoms with E-state index in [1.807, 2.05) is 67.6 Å². The summed E-state index contributed by atoms with van der Waals surface area (Å²) in [7, 11) is 1.52. The number of nitrogens with zero attached hydrogens (tertiary/aromatic N) is 4. The lowest BCUT2D eigenvalue weighted by Crippen LogP contribution is -2.21. The summed E-state index contributed by atoms with van der Waals surface area (Å²) < 4.78 is 3.28. The zero-order valence-electron chi connectivity index (χ0n) is 17.2. The maximum absolute atomic E-state index is 13.3. The largest absolute Gasteiger partial charge is 0.354 e. The number of carbonyl (C=O) groups excluding carboxylic acids is 2. The predicted octanol–water partition coefficient (Wildman–Crippen LogP) is 3.37. The summed E-state index contributed by atoms with van der Waals surface area (Å²) >= 11 is 0. The van der Waals surface area contributed by atoms with E-state index in [0.29, 0.717) is 23.5 Å². The van der Waals surface area contributed by atoms with E-state index in [1.165, 1.54) is 7.05 Å². The number of aromatic nitrogens is 4. The van der Waals surface area contributed by atoms with E-state index in [9.17, 15) is 9.59 Å². The van der Waals surface area contributed by atoms with Gasteiger partial charge in [0.05, 0.1) is 16.9 Å². The molecule has 0 saturated carbocycles. The summed E-state index contributed by atoms with van der Waals surface area (Å²) in [5, 5.41) is 14.3. The molecule has 0 spiro atoms. The monoisotopic (exact) mass is 414 g/mol. The van der Waals surface area contributed by atoms with Gasteiger partial charge in [-0.2, -0.15) is 10.2 Å². The van der Waals surface area contributed by atoms with Gasteiger partial charge < -0.3 is 10.6 Å². The fraction of sp³-hybridized carbons (Fsp3) is 0.130. The smallest absolute Gasteiger partial charge is 0.273 e. The van der Waals surface area contributed by atoms with E-state index >= 15 is 0 Å². The lowest BCUT2D eigenvalue weighted by Gasteiger charge is -2.05. The van der Waals surface area contributed by atoms with Crippen LogP contribution in [0.25, 0.3) is 16.9 Å². The number of hydrogen-bond acceptors (Lipinski definition) is 4. The van der Waals surface area contributed by atoms with Crippen molar-refractivity contribution in [3.8, 4) is 16.9 Å². The maximum atomic E-state index is 13.3. The van der Waals surface area contributed by atoms with Crippen LogP contribution in [0.1, 0.15) is 27.8 Å². The SMILES string of the molecule is CCn1cc(NC(=O)c2cn(-c3ccccc3)nc2-c2ccccc2)c(C(=O)NC)n1. The molecule has 2 amide bonds. The molecule has 0 unspecified atom stereocenters. The highest BCUT2D eigenvalue weighted by atomic mass is 16.2. The summed E-state index contributed by atoms with van der Waals surface area (Å²) in [5.74, 6) is -0.743. The number of rotatable bonds is 6. The highest BCUT2D eigenvalue weighted by Gasteiger charge is 2.22. The first-order valence-electron chi connectivity index (χ1n) is 9.92. The Labute approximate surface area is 179 Å². The van der Waals surface area contributed by atoms with Gasteiger partial charge in [0.2, 0.25) is 0 Å². The van der Waals surface area contributed by atoms with Gasteiger partial charge in [0.1, 0.15) is 5.69 Å². The first-order valence-corrected chi connectivity index (χ1v) is 9.92. The number of aryl methyl sites for hydroxylation is 1. The standard InChI is InChI=1S/C23H22N6O2/c1-3-28-15-19(21(26-28)23(31)24-2)25-22(30)18-14-29(17-12-8-5-9-13-17)27-20(18)16-10-6-4-7-11-16/h4-15H,3H2,1-2H3,(H,24,31)(H,25,30). The van der Waals surface area contributed by atoms with Crippen molar-refractivity contribution in [3.05, 3.63) is 84.3 Å². The van der Waals surface area contributed by atoms with Gasteiger partial charge in [-0.05, 0) is 19.1 Å². The van der Waals surface area contributed by atoms with Crippen molar-refractivity contribution >= 4 is 17.5 Å². The molecule has 4 aromatic rings. The Hall–Kier alpha value is -4.20. The molecule has 2 aromatic heterocycles. The lowest BCUT2D eigenvalue weighted by molar-refractivity contribution is 0.0958. The number of amides is 2. The second-order valence-corrected chi connectivity index (χ2v) is 6.82. The molecule has 0 aliphatic rings. The van der Waals surface area contributed by atoms with Gasteiger partial charge in [-0.1, -0.05) is 48.5 Å². The van der Waals surface area contributed by atoms with Crippen molar-refractivity contribution in [2.75, 3.05) is 12.4 Å². The van der Waals surface area contributed by atoms with Gasteiger partial charge in [0.15, 0.2) is 5.69 Å². The maximum Gasteiger partial charge on any atom is 0.273 e. The van der Waals surface area contributed by atoms with Crippen molar-refractivity contribution < 1.29 is 9.59 Å². The van der Waals surface area contributed by atoms with Crippen LogP contribution in [-0.4, -0.2) is 38.4 Å². The number of hydrogen-bond donors (Lipinski definition) is 2. The van der Waals surface area contributed by atoms with Crippen LogP contribution in [0.4, 0.5) is 5.69 Å². The average Bonchev–Trinajstić information content (AvgIpc) is 3.44. The van der Waals surface area contributed by atoms with Crippen LogP contribution in [0, 0.1) is 0 Å². The molecule has 0 aliphatic carbocycles. The van der Waals surface area contributed by atoms with E-state index in [-0.39, 0.29) is 17.5 Å². The van der Waals surface area contributed by atoms with Crippen LogP contribution in [0.5, 0.6) is 0 Å².